The van der Waals surface area contributed by atoms with Gasteiger partial charge < -0.3 is 9.47 Å². The third-order valence-corrected chi connectivity index (χ3v) is 4.56. The summed E-state index contributed by atoms with van der Waals surface area (Å²) in [6.45, 7) is 4.24. The fourth-order valence-corrected chi connectivity index (χ4v) is 3.08. The number of nitrogens with one attached hydrogen (secondary N) is 3. The zero-order valence-corrected chi connectivity index (χ0v) is 19.5. The SMILES string of the molecule is CC(C)COc1ccccc1C(=O)NC(=S)NNC(=O)COc1ccc(Cl)cc1Br. The summed E-state index contributed by atoms with van der Waals surface area (Å²) in [6, 6.07) is 11.8. The molecule has 0 spiro atoms. The first-order valence-electron chi connectivity index (χ1n) is 8.96. The van der Waals surface area contributed by atoms with Crippen molar-refractivity contribution in [2.45, 2.75) is 13.8 Å². The summed E-state index contributed by atoms with van der Waals surface area (Å²) in [5.41, 5.74) is 5.15. The monoisotopic (exact) mass is 513 g/mol. The summed E-state index contributed by atoms with van der Waals surface area (Å²) in [5, 5.41) is 2.96. The van der Waals surface area contributed by atoms with Gasteiger partial charge in [-0.2, -0.15) is 0 Å². The number of carbonyl (C=O) groups excluding carboxylic acids is 2. The van der Waals surface area contributed by atoms with E-state index in [-0.39, 0.29) is 11.7 Å². The fraction of sp³-hybridized carbons (Fsp3) is 0.250. The number of carbonyl (C=O) groups is 2. The van der Waals surface area contributed by atoms with Crippen LogP contribution in [0.15, 0.2) is 46.9 Å². The highest BCUT2D eigenvalue weighted by Crippen LogP contribution is 2.27. The molecule has 0 radical (unpaired) electrons. The Bertz CT molecular complexity index is 927. The molecule has 0 fully saturated rings. The number of benzene rings is 2. The molecule has 0 aliphatic rings. The minimum Gasteiger partial charge on any atom is -0.492 e. The van der Waals surface area contributed by atoms with E-state index >= 15 is 0 Å². The van der Waals surface area contributed by atoms with Gasteiger partial charge in [-0.15, -0.1) is 0 Å². The summed E-state index contributed by atoms with van der Waals surface area (Å²) in [5.74, 6) is 0.285. The van der Waals surface area contributed by atoms with Gasteiger partial charge in [-0.25, -0.2) is 0 Å². The predicted molar refractivity (Wildman–Crippen MR) is 123 cm³/mol. The van der Waals surface area contributed by atoms with Crippen LogP contribution >= 0.6 is 39.7 Å². The molecule has 0 unspecified atom stereocenters. The van der Waals surface area contributed by atoms with Gasteiger partial charge in [0.25, 0.3) is 11.8 Å². The molecule has 10 heteroatoms. The van der Waals surface area contributed by atoms with Gasteiger partial charge in [0.2, 0.25) is 0 Å². The Kier molecular flexibility index (Phi) is 9.35. The van der Waals surface area contributed by atoms with Crippen LogP contribution in [-0.4, -0.2) is 30.1 Å². The number of thiocarbonyl (C=S) groups is 1. The number of hydrazine groups is 1. The lowest BCUT2D eigenvalue weighted by Gasteiger charge is -2.14. The van der Waals surface area contributed by atoms with Crippen LogP contribution in [0.1, 0.15) is 24.2 Å². The lowest BCUT2D eigenvalue weighted by molar-refractivity contribution is -0.123. The Balaban J connectivity index is 1.81. The molecule has 3 N–H and O–H groups in total. The van der Waals surface area contributed by atoms with Crippen LogP contribution in [0.4, 0.5) is 0 Å². The quantitative estimate of drug-likeness (QED) is 0.384. The number of rotatable bonds is 7. The second-order valence-corrected chi connectivity index (χ2v) is 8.22. The lowest BCUT2D eigenvalue weighted by Crippen LogP contribution is -2.49. The number of para-hydroxylation sites is 1. The van der Waals surface area contributed by atoms with Crippen LogP contribution in [0, 0.1) is 5.92 Å². The van der Waals surface area contributed by atoms with Crippen molar-refractivity contribution >= 4 is 56.7 Å². The number of amides is 2. The molecular formula is C20H21BrClN3O4S. The number of ether oxygens (including phenoxy) is 2. The maximum atomic E-state index is 12.5. The molecule has 2 aromatic carbocycles. The normalized spacial score (nSPS) is 10.3. The van der Waals surface area contributed by atoms with Crippen molar-refractivity contribution in [3.63, 3.8) is 0 Å². The van der Waals surface area contributed by atoms with E-state index in [2.05, 4.69) is 32.1 Å². The smallest absolute Gasteiger partial charge is 0.276 e. The maximum absolute atomic E-state index is 12.5. The van der Waals surface area contributed by atoms with E-state index in [4.69, 9.17) is 33.3 Å². The molecule has 7 nitrogen and oxygen atoms in total. The van der Waals surface area contributed by atoms with Crippen molar-refractivity contribution in [2.24, 2.45) is 5.92 Å². The Labute approximate surface area is 193 Å². The van der Waals surface area contributed by atoms with Gasteiger partial charge in [0.15, 0.2) is 11.7 Å². The summed E-state index contributed by atoms with van der Waals surface area (Å²) in [4.78, 5) is 24.4. The molecule has 160 valence electrons. The molecule has 0 atom stereocenters. The Hall–Kier alpha value is -2.36. The summed E-state index contributed by atoms with van der Waals surface area (Å²) in [7, 11) is 0. The van der Waals surface area contributed by atoms with E-state index in [9.17, 15) is 9.59 Å². The number of halogens is 2. The van der Waals surface area contributed by atoms with E-state index in [0.29, 0.717) is 39.1 Å². The Morgan fingerprint density at radius 2 is 1.83 bits per heavy atom. The van der Waals surface area contributed by atoms with Crippen molar-refractivity contribution in [3.05, 3.63) is 57.5 Å². The minimum absolute atomic E-state index is 0.0697. The molecule has 2 amide bonds. The highest BCUT2D eigenvalue weighted by atomic mass is 79.9. The first-order chi connectivity index (χ1) is 14.3. The topological polar surface area (TPSA) is 88.7 Å². The fourth-order valence-electron chi connectivity index (χ4n) is 2.14. The van der Waals surface area contributed by atoms with Crippen LogP contribution in [0.25, 0.3) is 0 Å². The Morgan fingerprint density at radius 3 is 2.53 bits per heavy atom. The van der Waals surface area contributed by atoms with Gasteiger partial charge in [0.1, 0.15) is 11.5 Å². The van der Waals surface area contributed by atoms with E-state index in [1.165, 1.54) is 0 Å². The van der Waals surface area contributed by atoms with Crippen molar-refractivity contribution in [1.29, 1.82) is 0 Å². The maximum Gasteiger partial charge on any atom is 0.276 e. The predicted octanol–water partition coefficient (Wildman–Crippen LogP) is 3.85. The van der Waals surface area contributed by atoms with Gasteiger partial charge in [0.05, 0.1) is 16.6 Å². The van der Waals surface area contributed by atoms with Crippen LogP contribution in [0.3, 0.4) is 0 Å². The summed E-state index contributed by atoms with van der Waals surface area (Å²) < 4.78 is 11.7. The molecule has 2 rings (SSSR count). The van der Waals surface area contributed by atoms with Crippen LogP contribution in [0.5, 0.6) is 11.5 Å². The first kappa shape index (κ1) is 23.9. The molecular weight excluding hydrogens is 494 g/mol. The van der Waals surface area contributed by atoms with E-state index in [1.54, 1.807) is 42.5 Å². The van der Waals surface area contributed by atoms with Gasteiger partial charge in [-0.1, -0.05) is 37.6 Å². The molecule has 30 heavy (non-hydrogen) atoms. The number of hydrogen-bond acceptors (Lipinski definition) is 5. The highest BCUT2D eigenvalue weighted by Gasteiger charge is 2.14. The molecule has 2 aromatic rings. The second-order valence-electron chi connectivity index (χ2n) is 6.52. The molecule has 0 heterocycles. The standard InChI is InChI=1S/C20H21BrClN3O4S/c1-12(2)10-28-16-6-4-3-5-14(16)19(27)23-20(30)25-24-18(26)11-29-17-8-7-13(22)9-15(17)21/h3-9,12H,10-11H2,1-2H3,(H,24,26)(H2,23,25,27,30). The molecule has 0 saturated heterocycles. The largest absolute Gasteiger partial charge is 0.492 e. The van der Waals surface area contributed by atoms with E-state index in [1.807, 2.05) is 13.8 Å². The van der Waals surface area contributed by atoms with Gasteiger partial charge in [-0.05, 0) is 64.4 Å². The molecule has 0 aliphatic carbocycles. The molecule has 0 aromatic heterocycles. The Morgan fingerprint density at radius 1 is 1.10 bits per heavy atom. The van der Waals surface area contributed by atoms with Gasteiger partial charge >= 0.3 is 0 Å². The number of hydrogen-bond donors (Lipinski definition) is 3. The van der Waals surface area contributed by atoms with Crippen LogP contribution in [0.2, 0.25) is 5.02 Å². The molecule has 0 saturated carbocycles. The zero-order valence-electron chi connectivity index (χ0n) is 16.3. The van der Waals surface area contributed by atoms with Crippen molar-refractivity contribution in [1.82, 2.24) is 16.2 Å². The third-order valence-electron chi connectivity index (χ3n) is 3.50. The van der Waals surface area contributed by atoms with Crippen LogP contribution < -0.4 is 25.6 Å². The summed E-state index contributed by atoms with van der Waals surface area (Å²) >= 11 is 14.2. The zero-order chi connectivity index (χ0) is 22.1. The first-order valence-corrected chi connectivity index (χ1v) is 10.5. The molecule has 0 aliphatic heterocycles. The second kappa shape index (κ2) is 11.7. The third kappa shape index (κ3) is 7.81. The molecule has 0 bridgehead atoms. The van der Waals surface area contributed by atoms with Crippen LogP contribution in [-0.2, 0) is 4.79 Å². The van der Waals surface area contributed by atoms with E-state index < -0.39 is 11.8 Å². The van der Waals surface area contributed by atoms with Crippen molar-refractivity contribution < 1.29 is 19.1 Å². The average molecular weight is 515 g/mol. The summed E-state index contributed by atoms with van der Waals surface area (Å²) in [6.07, 6.45) is 0. The van der Waals surface area contributed by atoms with Crippen molar-refractivity contribution in [2.75, 3.05) is 13.2 Å². The van der Waals surface area contributed by atoms with Gasteiger partial charge in [0, 0.05) is 5.02 Å². The van der Waals surface area contributed by atoms with Gasteiger partial charge in [-0.3, -0.25) is 25.8 Å². The highest BCUT2D eigenvalue weighted by molar-refractivity contribution is 9.10. The lowest BCUT2D eigenvalue weighted by atomic mass is 10.2. The minimum atomic E-state index is -0.492. The van der Waals surface area contributed by atoms with Crippen molar-refractivity contribution in [3.8, 4) is 11.5 Å². The average Bonchev–Trinajstić information content (AvgIpc) is 2.70. The van der Waals surface area contributed by atoms with E-state index in [0.717, 1.165) is 0 Å².